The highest BCUT2D eigenvalue weighted by atomic mass is 35.5. The highest BCUT2D eigenvalue weighted by Gasteiger charge is 2.26. The van der Waals surface area contributed by atoms with Crippen molar-refractivity contribution in [1.29, 1.82) is 0 Å². The lowest BCUT2D eigenvalue weighted by Gasteiger charge is -2.34. The largest absolute Gasteiger partial charge is 0.335 e. The third kappa shape index (κ3) is 4.94. The Labute approximate surface area is 195 Å². The first-order valence-electron chi connectivity index (χ1n) is 10.4. The molecule has 170 valence electrons. The predicted molar refractivity (Wildman–Crippen MR) is 124 cm³/mol. The molecular formula is C23H22ClN5O4. The van der Waals surface area contributed by atoms with Gasteiger partial charge in [0.1, 0.15) is 5.69 Å². The fraction of sp³-hybridized carbons (Fsp3) is 0.261. The maximum absolute atomic E-state index is 13.1. The van der Waals surface area contributed by atoms with Gasteiger partial charge < -0.3 is 4.90 Å². The van der Waals surface area contributed by atoms with Gasteiger partial charge >= 0.3 is 0 Å². The average Bonchev–Trinajstić information content (AvgIpc) is 2.81. The third-order valence-corrected chi connectivity index (χ3v) is 5.85. The summed E-state index contributed by atoms with van der Waals surface area (Å²) < 4.78 is 1.28. The molecule has 9 nitrogen and oxygen atoms in total. The molecule has 1 aliphatic rings. The van der Waals surface area contributed by atoms with Crippen molar-refractivity contribution in [2.24, 2.45) is 0 Å². The highest BCUT2D eigenvalue weighted by Crippen LogP contribution is 2.22. The number of aromatic nitrogens is 2. The van der Waals surface area contributed by atoms with Crippen LogP contribution in [-0.2, 0) is 6.54 Å². The molecule has 1 aliphatic heterocycles. The average molecular weight is 468 g/mol. The Morgan fingerprint density at radius 2 is 1.76 bits per heavy atom. The minimum Gasteiger partial charge on any atom is -0.335 e. The van der Waals surface area contributed by atoms with Crippen molar-refractivity contribution in [2.75, 3.05) is 26.2 Å². The number of benzene rings is 2. The summed E-state index contributed by atoms with van der Waals surface area (Å²) in [5, 5.41) is 16.4. The van der Waals surface area contributed by atoms with E-state index in [9.17, 15) is 19.7 Å². The summed E-state index contributed by atoms with van der Waals surface area (Å²) in [6.45, 7) is 4.57. The van der Waals surface area contributed by atoms with Crippen LogP contribution in [0, 0.1) is 17.0 Å². The molecule has 33 heavy (non-hydrogen) atoms. The van der Waals surface area contributed by atoms with Crippen molar-refractivity contribution in [3.8, 4) is 5.69 Å². The van der Waals surface area contributed by atoms with E-state index in [0.29, 0.717) is 36.9 Å². The molecular weight excluding hydrogens is 446 g/mol. The number of amides is 1. The third-order valence-electron chi connectivity index (χ3n) is 5.60. The number of carbonyl (C=O) groups is 1. The van der Waals surface area contributed by atoms with Gasteiger partial charge in [-0.2, -0.15) is 5.10 Å². The summed E-state index contributed by atoms with van der Waals surface area (Å²) >= 11 is 5.94. The zero-order valence-corrected chi connectivity index (χ0v) is 18.7. The molecule has 2 heterocycles. The fourth-order valence-electron chi connectivity index (χ4n) is 3.84. The molecule has 2 aromatic carbocycles. The zero-order chi connectivity index (χ0) is 23.5. The maximum Gasteiger partial charge on any atom is 0.294 e. The number of rotatable bonds is 5. The van der Waals surface area contributed by atoms with Crippen molar-refractivity contribution in [3.63, 3.8) is 0 Å². The lowest BCUT2D eigenvalue weighted by molar-refractivity contribution is -0.384. The van der Waals surface area contributed by atoms with Gasteiger partial charge in [-0.05, 0) is 30.7 Å². The Hall–Kier alpha value is -3.56. The lowest BCUT2D eigenvalue weighted by Crippen LogP contribution is -2.49. The number of para-hydroxylation sites is 2. The monoisotopic (exact) mass is 467 g/mol. The van der Waals surface area contributed by atoms with Crippen molar-refractivity contribution in [2.45, 2.75) is 13.5 Å². The van der Waals surface area contributed by atoms with Gasteiger partial charge in [-0.25, -0.2) is 4.68 Å². The van der Waals surface area contributed by atoms with E-state index in [2.05, 4.69) is 10.00 Å². The van der Waals surface area contributed by atoms with Crippen molar-refractivity contribution < 1.29 is 9.72 Å². The van der Waals surface area contributed by atoms with Gasteiger partial charge in [-0.15, -0.1) is 0 Å². The molecule has 0 N–H and O–H groups in total. The molecule has 0 saturated carbocycles. The first-order valence-corrected chi connectivity index (χ1v) is 10.8. The molecule has 1 fully saturated rings. The smallest absolute Gasteiger partial charge is 0.294 e. The molecule has 1 saturated heterocycles. The summed E-state index contributed by atoms with van der Waals surface area (Å²) in [5.74, 6) is -0.474. The number of nitrogens with zero attached hydrogens (tertiary/aromatic N) is 5. The second-order valence-electron chi connectivity index (χ2n) is 7.85. The number of nitro benzene ring substituents is 1. The van der Waals surface area contributed by atoms with Crippen LogP contribution in [0.25, 0.3) is 5.69 Å². The Morgan fingerprint density at radius 3 is 2.42 bits per heavy atom. The zero-order valence-electron chi connectivity index (χ0n) is 18.0. The van der Waals surface area contributed by atoms with Crippen LogP contribution in [0.1, 0.15) is 21.7 Å². The first kappa shape index (κ1) is 22.6. The molecule has 10 heteroatoms. The summed E-state index contributed by atoms with van der Waals surface area (Å²) in [6.07, 6.45) is 0. The number of piperazine rings is 1. The molecule has 0 radical (unpaired) electrons. The van der Waals surface area contributed by atoms with E-state index in [0.717, 1.165) is 12.1 Å². The van der Waals surface area contributed by atoms with Gasteiger partial charge in [0.05, 0.1) is 4.92 Å². The van der Waals surface area contributed by atoms with E-state index in [4.69, 9.17) is 11.6 Å². The SMILES string of the molecule is Cc1cc(=O)c(C(=O)N2CCN(Cc3ccc(Cl)cc3)CC2)nn1-c1ccccc1[N+](=O)[O-]. The second-order valence-corrected chi connectivity index (χ2v) is 8.29. The number of carbonyl (C=O) groups excluding carboxylic acids is 1. The topological polar surface area (TPSA) is 102 Å². The van der Waals surface area contributed by atoms with Crippen LogP contribution in [0.4, 0.5) is 5.69 Å². The van der Waals surface area contributed by atoms with Crippen LogP contribution in [0.15, 0.2) is 59.4 Å². The normalized spacial score (nSPS) is 14.3. The van der Waals surface area contributed by atoms with Gasteiger partial charge in [0.2, 0.25) is 5.43 Å². The van der Waals surface area contributed by atoms with Crippen LogP contribution in [0.3, 0.4) is 0 Å². The first-order chi connectivity index (χ1) is 15.8. The highest BCUT2D eigenvalue weighted by molar-refractivity contribution is 6.30. The maximum atomic E-state index is 13.1. The van der Waals surface area contributed by atoms with Gasteiger partial charge in [0, 0.05) is 55.6 Å². The van der Waals surface area contributed by atoms with E-state index < -0.39 is 16.3 Å². The van der Waals surface area contributed by atoms with Gasteiger partial charge in [-0.1, -0.05) is 35.9 Å². The van der Waals surface area contributed by atoms with E-state index >= 15 is 0 Å². The molecule has 0 atom stereocenters. The van der Waals surface area contributed by atoms with Crippen LogP contribution in [-0.4, -0.2) is 56.6 Å². The summed E-state index contributed by atoms with van der Waals surface area (Å²) in [6, 6.07) is 15.0. The standard InChI is InChI=1S/C23H22ClN5O4/c1-16-14-21(30)22(25-28(16)19-4-2-3-5-20(19)29(32)33)23(31)27-12-10-26(11-13-27)15-17-6-8-18(24)9-7-17/h2-9,14H,10-13,15H2,1H3. The Balaban J connectivity index is 1.52. The Bertz CT molecular complexity index is 1250. The van der Waals surface area contributed by atoms with E-state index in [1.165, 1.54) is 22.9 Å². The summed E-state index contributed by atoms with van der Waals surface area (Å²) in [5.41, 5.74) is 0.818. The van der Waals surface area contributed by atoms with Crippen molar-refractivity contribution in [3.05, 3.63) is 96.9 Å². The van der Waals surface area contributed by atoms with E-state index in [1.54, 1.807) is 24.0 Å². The fourth-order valence-corrected chi connectivity index (χ4v) is 3.97. The summed E-state index contributed by atoms with van der Waals surface area (Å²) in [4.78, 5) is 40.4. The van der Waals surface area contributed by atoms with E-state index in [-0.39, 0.29) is 17.1 Å². The van der Waals surface area contributed by atoms with Crippen molar-refractivity contribution >= 4 is 23.2 Å². The van der Waals surface area contributed by atoms with Crippen LogP contribution < -0.4 is 5.43 Å². The molecule has 4 rings (SSSR count). The number of nitro groups is 1. The van der Waals surface area contributed by atoms with Gasteiger partial charge in [0.25, 0.3) is 11.6 Å². The number of halogens is 1. The second kappa shape index (κ2) is 9.51. The lowest BCUT2D eigenvalue weighted by atomic mass is 10.2. The Morgan fingerprint density at radius 1 is 1.09 bits per heavy atom. The molecule has 0 bridgehead atoms. The Kier molecular flexibility index (Phi) is 6.52. The number of aryl methyl sites for hydroxylation is 1. The molecule has 0 unspecified atom stereocenters. The van der Waals surface area contributed by atoms with E-state index in [1.807, 2.05) is 24.3 Å². The van der Waals surface area contributed by atoms with Crippen LogP contribution in [0.2, 0.25) is 5.02 Å². The van der Waals surface area contributed by atoms with Crippen LogP contribution in [0.5, 0.6) is 0 Å². The minimum atomic E-state index is -0.518. The minimum absolute atomic E-state index is 0.161. The quantitative estimate of drug-likeness (QED) is 0.422. The molecule has 1 aromatic heterocycles. The summed E-state index contributed by atoms with van der Waals surface area (Å²) in [7, 11) is 0. The molecule has 0 aliphatic carbocycles. The van der Waals surface area contributed by atoms with Gasteiger partial charge in [-0.3, -0.25) is 24.6 Å². The van der Waals surface area contributed by atoms with Crippen molar-refractivity contribution in [1.82, 2.24) is 19.6 Å². The van der Waals surface area contributed by atoms with Gasteiger partial charge in [0.15, 0.2) is 5.69 Å². The molecule has 3 aromatic rings. The molecule has 0 spiro atoms. The van der Waals surface area contributed by atoms with Crippen LogP contribution >= 0.6 is 11.6 Å². The number of hydrogen-bond acceptors (Lipinski definition) is 6. The number of hydrogen-bond donors (Lipinski definition) is 0. The molecule has 1 amide bonds. The predicted octanol–water partition coefficient (Wildman–Crippen LogP) is 3.06.